The van der Waals surface area contributed by atoms with Crippen LogP contribution >= 0.6 is 0 Å². The summed E-state index contributed by atoms with van der Waals surface area (Å²) in [7, 11) is 0. The van der Waals surface area contributed by atoms with Gasteiger partial charge in [0.15, 0.2) is 5.92 Å². The summed E-state index contributed by atoms with van der Waals surface area (Å²) < 4.78 is 18.3. The lowest BCUT2D eigenvalue weighted by atomic mass is 9.91. The number of guanidine groups is 1. The van der Waals surface area contributed by atoms with E-state index in [4.69, 9.17) is 4.74 Å². The molecule has 10 nitrogen and oxygen atoms in total. The molecule has 0 aromatic heterocycles. The van der Waals surface area contributed by atoms with Crippen LogP contribution in [0.3, 0.4) is 0 Å². The number of piperazine rings is 1. The van der Waals surface area contributed by atoms with Crippen LogP contribution in [-0.2, 0) is 14.3 Å². The minimum atomic E-state index is -1.20. The lowest BCUT2D eigenvalue weighted by Gasteiger charge is -2.39. The second kappa shape index (κ2) is 9.86. The van der Waals surface area contributed by atoms with Gasteiger partial charge in [-0.1, -0.05) is 12.1 Å². The first-order chi connectivity index (χ1) is 16.4. The van der Waals surface area contributed by atoms with Crippen molar-refractivity contribution in [1.82, 2.24) is 10.2 Å². The summed E-state index contributed by atoms with van der Waals surface area (Å²) >= 11 is 0. The van der Waals surface area contributed by atoms with Gasteiger partial charge in [0.25, 0.3) is 5.69 Å². The van der Waals surface area contributed by atoms with E-state index in [0.29, 0.717) is 37.7 Å². The summed E-state index contributed by atoms with van der Waals surface area (Å²) in [6.45, 7) is 4.11. The van der Waals surface area contributed by atoms with Gasteiger partial charge >= 0.3 is 5.97 Å². The Hall–Kier alpha value is -4.02. The van der Waals surface area contributed by atoms with Crippen molar-refractivity contribution < 1.29 is 23.6 Å². The Bertz CT molecular complexity index is 1100. The molecule has 1 N–H and O–H groups in total. The molecule has 0 bridgehead atoms. The number of carbonyl (C=O) groups excluding carboxylic acids is 2. The van der Waals surface area contributed by atoms with Gasteiger partial charge < -0.3 is 14.5 Å². The minimum Gasteiger partial charge on any atom is -0.465 e. The van der Waals surface area contributed by atoms with E-state index in [2.05, 4.69) is 15.2 Å². The third-order valence-electron chi connectivity index (χ3n) is 5.85. The SMILES string of the molecule is CCOC(=O)[C@H]1C(=O)NC(N2CCN(c3ccc(F)cc3)CC2)=N[C@H]1c1ccc([N+](=O)[O-])cc1. The molecule has 0 saturated carbocycles. The highest BCUT2D eigenvalue weighted by Crippen LogP contribution is 2.32. The average Bonchev–Trinajstić information content (AvgIpc) is 2.84. The van der Waals surface area contributed by atoms with E-state index in [9.17, 15) is 24.1 Å². The molecule has 2 aliphatic heterocycles. The average molecular weight is 469 g/mol. The Kier molecular flexibility index (Phi) is 6.71. The van der Waals surface area contributed by atoms with E-state index >= 15 is 0 Å². The predicted octanol–water partition coefficient (Wildman–Crippen LogP) is 2.26. The smallest absolute Gasteiger partial charge is 0.321 e. The minimum absolute atomic E-state index is 0.0992. The van der Waals surface area contributed by atoms with Gasteiger partial charge in [-0.05, 0) is 36.8 Å². The highest BCUT2D eigenvalue weighted by Gasteiger charge is 2.42. The van der Waals surface area contributed by atoms with E-state index < -0.39 is 28.8 Å². The van der Waals surface area contributed by atoms with Gasteiger partial charge in [0.2, 0.25) is 11.9 Å². The van der Waals surface area contributed by atoms with Gasteiger partial charge in [-0.25, -0.2) is 9.38 Å². The molecule has 11 heteroatoms. The first-order valence-corrected chi connectivity index (χ1v) is 10.9. The number of nitro groups is 1. The zero-order chi connectivity index (χ0) is 24.2. The molecule has 0 unspecified atom stereocenters. The molecule has 34 heavy (non-hydrogen) atoms. The Labute approximate surface area is 195 Å². The number of nitrogens with zero attached hydrogens (tertiary/aromatic N) is 4. The lowest BCUT2D eigenvalue weighted by Crippen LogP contribution is -2.57. The Balaban J connectivity index is 1.57. The number of benzene rings is 2. The van der Waals surface area contributed by atoms with Crippen molar-refractivity contribution >= 4 is 29.2 Å². The van der Waals surface area contributed by atoms with Crippen LogP contribution in [-0.4, -0.2) is 60.4 Å². The van der Waals surface area contributed by atoms with Crippen LogP contribution in [0, 0.1) is 21.8 Å². The van der Waals surface area contributed by atoms with Gasteiger partial charge in [-0.2, -0.15) is 0 Å². The van der Waals surface area contributed by atoms with E-state index in [-0.39, 0.29) is 18.1 Å². The number of hydrogen-bond donors (Lipinski definition) is 1. The third-order valence-corrected chi connectivity index (χ3v) is 5.85. The van der Waals surface area contributed by atoms with E-state index in [1.54, 1.807) is 19.1 Å². The van der Waals surface area contributed by atoms with Crippen LogP contribution in [0.2, 0.25) is 0 Å². The maximum atomic E-state index is 13.2. The Morgan fingerprint density at radius 3 is 2.32 bits per heavy atom. The van der Waals surface area contributed by atoms with Crippen molar-refractivity contribution in [3.05, 3.63) is 70.0 Å². The predicted molar refractivity (Wildman–Crippen MR) is 122 cm³/mol. The molecule has 2 atom stereocenters. The molecule has 0 spiro atoms. The molecule has 1 fully saturated rings. The molecular formula is C23H24FN5O5. The van der Waals surface area contributed by atoms with Crippen molar-refractivity contribution in [3.8, 4) is 0 Å². The number of non-ortho nitro benzene ring substituents is 1. The van der Waals surface area contributed by atoms with Gasteiger partial charge in [0.1, 0.15) is 11.9 Å². The largest absolute Gasteiger partial charge is 0.465 e. The molecule has 178 valence electrons. The molecule has 2 heterocycles. The number of nitro benzene ring substituents is 1. The van der Waals surface area contributed by atoms with Crippen LogP contribution in [0.1, 0.15) is 18.5 Å². The van der Waals surface area contributed by atoms with Crippen LogP contribution in [0.15, 0.2) is 53.5 Å². The number of nitrogens with one attached hydrogen (secondary N) is 1. The fraction of sp³-hybridized carbons (Fsp3) is 0.348. The summed E-state index contributed by atoms with van der Waals surface area (Å²) in [6.07, 6.45) is 0. The summed E-state index contributed by atoms with van der Waals surface area (Å²) in [4.78, 5) is 44.7. The topological polar surface area (TPSA) is 117 Å². The van der Waals surface area contributed by atoms with E-state index in [0.717, 1.165) is 5.69 Å². The molecular weight excluding hydrogens is 445 g/mol. The van der Waals surface area contributed by atoms with Gasteiger partial charge in [-0.3, -0.25) is 25.0 Å². The zero-order valence-corrected chi connectivity index (χ0v) is 18.5. The second-order valence-electron chi connectivity index (χ2n) is 7.92. The van der Waals surface area contributed by atoms with Gasteiger partial charge in [0, 0.05) is 44.0 Å². The van der Waals surface area contributed by atoms with Crippen molar-refractivity contribution in [1.29, 1.82) is 0 Å². The summed E-state index contributed by atoms with van der Waals surface area (Å²) in [6, 6.07) is 11.0. The number of anilines is 1. The number of rotatable bonds is 5. The first-order valence-electron chi connectivity index (χ1n) is 10.9. The second-order valence-corrected chi connectivity index (χ2v) is 7.92. The molecule has 4 rings (SSSR count). The van der Waals surface area contributed by atoms with Crippen LogP contribution in [0.4, 0.5) is 15.8 Å². The van der Waals surface area contributed by atoms with E-state index in [1.165, 1.54) is 36.4 Å². The van der Waals surface area contributed by atoms with E-state index in [1.807, 2.05) is 4.90 Å². The Morgan fingerprint density at radius 1 is 1.12 bits per heavy atom. The first kappa shape index (κ1) is 23.1. The zero-order valence-electron chi connectivity index (χ0n) is 18.5. The number of halogens is 1. The van der Waals surface area contributed by atoms with Gasteiger partial charge in [0.05, 0.1) is 11.5 Å². The summed E-state index contributed by atoms with van der Waals surface area (Å²) in [5, 5.41) is 13.7. The van der Waals surface area contributed by atoms with Crippen LogP contribution < -0.4 is 10.2 Å². The number of hydrogen-bond acceptors (Lipinski definition) is 8. The highest BCUT2D eigenvalue weighted by atomic mass is 19.1. The number of ether oxygens (including phenoxy) is 1. The standard InChI is InChI=1S/C23H24FN5O5/c1-2-34-22(31)19-20(15-3-7-18(8-4-15)29(32)33)25-23(26-21(19)30)28-13-11-27(12-14-28)17-9-5-16(24)6-10-17/h3-10,19-20H,2,11-14H2,1H3,(H,25,26,30)/t19-,20+/m1/s1. The molecule has 0 radical (unpaired) electrons. The van der Waals surface area contributed by atoms with Crippen molar-refractivity contribution in [2.24, 2.45) is 10.9 Å². The maximum absolute atomic E-state index is 13.2. The van der Waals surface area contributed by atoms with Crippen LogP contribution in [0.25, 0.3) is 0 Å². The molecule has 1 saturated heterocycles. The van der Waals surface area contributed by atoms with Gasteiger partial charge in [-0.15, -0.1) is 0 Å². The quantitative estimate of drug-likeness (QED) is 0.309. The summed E-state index contributed by atoms with van der Waals surface area (Å²) in [5.74, 6) is -2.39. The number of amides is 1. The highest BCUT2D eigenvalue weighted by molar-refractivity contribution is 6.08. The Morgan fingerprint density at radius 2 is 1.74 bits per heavy atom. The van der Waals surface area contributed by atoms with Crippen LogP contribution in [0.5, 0.6) is 0 Å². The normalized spacial score (nSPS) is 20.4. The van der Waals surface area contributed by atoms with Crippen molar-refractivity contribution in [3.63, 3.8) is 0 Å². The number of aliphatic imine (C=N–C) groups is 1. The van der Waals surface area contributed by atoms with Crippen molar-refractivity contribution in [2.45, 2.75) is 13.0 Å². The summed E-state index contributed by atoms with van der Waals surface area (Å²) in [5.41, 5.74) is 1.31. The number of carbonyl (C=O) groups is 2. The molecule has 0 aliphatic carbocycles. The molecule has 2 aromatic rings. The molecule has 1 amide bonds. The molecule has 2 aliphatic rings. The number of esters is 1. The fourth-order valence-electron chi connectivity index (χ4n) is 4.09. The maximum Gasteiger partial charge on any atom is 0.321 e. The van der Waals surface area contributed by atoms with Crippen molar-refractivity contribution in [2.75, 3.05) is 37.7 Å². The third kappa shape index (κ3) is 4.82. The fourth-order valence-corrected chi connectivity index (χ4v) is 4.09. The molecule has 2 aromatic carbocycles. The monoisotopic (exact) mass is 469 g/mol. The lowest BCUT2D eigenvalue weighted by molar-refractivity contribution is -0.384.